The van der Waals surface area contributed by atoms with Crippen LogP contribution in [0.4, 0.5) is 4.39 Å². The second kappa shape index (κ2) is 4.32. The topological polar surface area (TPSA) is 78.4 Å². The van der Waals surface area contributed by atoms with E-state index >= 15 is 0 Å². The van der Waals surface area contributed by atoms with Crippen LogP contribution in [0, 0.1) is 16.6 Å². The molecule has 0 bridgehead atoms. The number of halogens is 1. The van der Waals surface area contributed by atoms with Crippen molar-refractivity contribution in [2.45, 2.75) is 0 Å². The minimum absolute atomic E-state index is 0.106. The standard InChI is InChI=1S/C18H10FN5/c19-10-5-6-14-11(8-10)15(20)18-23-17-12(16(21)24(14)18)7-9-3-1-2-4-13(9)22-17/h1-8,20-21H. The molecule has 2 N–H and O–H groups in total. The third-order valence-corrected chi connectivity index (χ3v) is 4.30. The van der Waals surface area contributed by atoms with Gasteiger partial charge in [0.2, 0.25) is 0 Å². The molecule has 0 aliphatic carbocycles. The van der Waals surface area contributed by atoms with Crippen LogP contribution in [-0.4, -0.2) is 20.2 Å². The van der Waals surface area contributed by atoms with Gasteiger partial charge in [0.25, 0.3) is 0 Å². The summed E-state index contributed by atoms with van der Waals surface area (Å²) in [4.78, 5) is 8.99. The number of pyridine rings is 1. The van der Waals surface area contributed by atoms with Crippen LogP contribution in [0.15, 0.2) is 48.5 Å². The van der Waals surface area contributed by atoms with Crippen LogP contribution < -0.4 is 5.49 Å². The highest BCUT2D eigenvalue weighted by molar-refractivity contribution is 6.15. The first-order valence-electron chi connectivity index (χ1n) is 7.40. The molecule has 0 spiro atoms. The second-order valence-corrected chi connectivity index (χ2v) is 5.71. The van der Waals surface area contributed by atoms with Crippen LogP contribution in [0.25, 0.3) is 27.6 Å². The van der Waals surface area contributed by atoms with Gasteiger partial charge >= 0.3 is 0 Å². The van der Waals surface area contributed by atoms with Gasteiger partial charge in [-0.2, -0.15) is 0 Å². The molecule has 6 heteroatoms. The molecule has 24 heavy (non-hydrogen) atoms. The zero-order chi connectivity index (χ0) is 16.4. The van der Waals surface area contributed by atoms with Gasteiger partial charge in [-0.15, -0.1) is 0 Å². The van der Waals surface area contributed by atoms with Gasteiger partial charge in [0.1, 0.15) is 17.0 Å². The van der Waals surface area contributed by atoms with Crippen LogP contribution in [-0.2, 0) is 0 Å². The third-order valence-electron chi connectivity index (χ3n) is 4.30. The number of rotatable bonds is 0. The summed E-state index contributed by atoms with van der Waals surface area (Å²) in [6.07, 6.45) is 0. The van der Waals surface area contributed by atoms with E-state index in [2.05, 4.69) is 9.97 Å². The maximum absolute atomic E-state index is 13.5. The molecule has 2 aromatic carbocycles. The number of para-hydroxylation sites is 1. The Bertz CT molecular complexity index is 1260. The van der Waals surface area contributed by atoms with Gasteiger partial charge in [-0.3, -0.25) is 15.4 Å². The van der Waals surface area contributed by atoms with Gasteiger partial charge < -0.3 is 0 Å². The lowest BCUT2D eigenvalue weighted by Crippen LogP contribution is -2.22. The van der Waals surface area contributed by atoms with Crippen molar-refractivity contribution in [2.24, 2.45) is 0 Å². The molecule has 0 saturated heterocycles. The van der Waals surface area contributed by atoms with E-state index in [4.69, 9.17) is 10.8 Å². The van der Waals surface area contributed by atoms with Crippen molar-refractivity contribution in [1.29, 1.82) is 10.8 Å². The molecule has 5 rings (SSSR count). The van der Waals surface area contributed by atoms with Gasteiger partial charge in [-0.25, -0.2) is 14.4 Å². The van der Waals surface area contributed by atoms with E-state index in [0.717, 1.165) is 10.9 Å². The van der Waals surface area contributed by atoms with E-state index in [0.29, 0.717) is 28.1 Å². The molecule has 5 nitrogen and oxygen atoms in total. The SMILES string of the molecule is N=C1c2cc(F)ccc2-n2c1nc1nc3ccccc3cc1c2=N. The highest BCUT2D eigenvalue weighted by Crippen LogP contribution is 2.27. The summed E-state index contributed by atoms with van der Waals surface area (Å²) in [5, 5.41) is 18.4. The van der Waals surface area contributed by atoms with E-state index < -0.39 is 5.82 Å². The number of benzene rings is 2. The van der Waals surface area contributed by atoms with Crippen molar-refractivity contribution >= 4 is 27.6 Å². The molecule has 114 valence electrons. The fourth-order valence-electron chi connectivity index (χ4n) is 3.17. The molecule has 0 fully saturated rings. The van der Waals surface area contributed by atoms with Crippen LogP contribution in [0.1, 0.15) is 11.4 Å². The van der Waals surface area contributed by atoms with Crippen molar-refractivity contribution < 1.29 is 4.39 Å². The number of hydrogen-bond acceptors (Lipinski definition) is 4. The fourth-order valence-corrected chi connectivity index (χ4v) is 3.17. The molecule has 0 atom stereocenters. The fraction of sp³-hybridized carbons (Fsp3) is 0. The van der Waals surface area contributed by atoms with Crippen LogP contribution in [0.5, 0.6) is 0 Å². The lowest BCUT2D eigenvalue weighted by Gasteiger charge is -2.08. The van der Waals surface area contributed by atoms with Gasteiger partial charge in [0.15, 0.2) is 11.5 Å². The van der Waals surface area contributed by atoms with Crippen molar-refractivity contribution in [3.63, 3.8) is 0 Å². The smallest absolute Gasteiger partial charge is 0.167 e. The van der Waals surface area contributed by atoms with Gasteiger partial charge in [0.05, 0.1) is 16.6 Å². The van der Waals surface area contributed by atoms with E-state index in [1.165, 1.54) is 12.1 Å². The first kappa shape index (κ1) is 13.1. The molecule has 1 aliphatic heterocycles. The Kier molecular flexibility index (Phi) is 2.35. The molecule has 4 aromatic rings. The van der Waals surface area contributed by atoms with Crippen molar-refractivity contribution in [3.05, 3.63) is 71.2 Å². The minimum Gasteiger partial charge on any atom is -0.296 e. The van der Waals surface area contributed by atoms with Gasteiger partial charge in [-0.1, -0.05) is 18.2 Å². The molecule has 0 amide bonds. The largest absolute Gasteiger partial charge is 0.296 e. The van der Waals surface area contributed by atoms with E-state index in [1.807, 2.05) is 30.3 Å². The number of fused-ring (bicyclic) bond motifs is 5. The molecular formula is C18H10FN5. The Morgan fingerprint density at radius 2 is 1.79 bits per heavy atom. The summed E-state index contributed by atoms with van der Waals surface area (Å²) in [6, 6.07) is 13.7. The molecule has 3 heterocycles. The average molecular weight is 315 g/mol. The Morgan fingerprint density at radius 3 is 2.67 bits per heavy atom. The van der Waals surface area contributed by atoms with E-state index in [9.17, 15) is 4.39 Å². The lowest BCUT2D eigenvalue weighted by atomic mass is 10.1. The minimum atomic E-state index is -0.410. The van der Waals surface area contributed by atoms with Gasteiger partial charge in [-0.05, 0) is 30.3 Å². The maximum atomic E-state index is 13.5. The lowest BCUT2D eigenvalue weighted by molar-refractivity contribution is 0.627. The quantitative estimate of drug-likeness (QED) is 0.431. The Morgan fingerprint density at radius 1 is 0.958 bits per heavy atom. The number of nitrogens with zero attached hydrogens (tertiary/aromatic N) is 3. The molecule has 0 unspecified atom stereocenters. The van der Waals surface area contributed by atoms with Crippen molar-refractivity contribution in [2.75, 3.05) is 0 Å². The van der Waals surface area contributed by atoms with Crippen LogP contribution >= 0.6 is 0 Å². The summed E-state index contributed by atoms with van der Waals surface area (Å²) < 4.78 is 15.1. The highest BCUT2D eigenvalue weighted by Gasteiger charge is 2.27. The monoisotopic (exact) mass is 315 g/mol. The summed E-state index contributed by atoms with van der Waals surface area (Å²) >= 11 is 0. The van der Waals surface area contributed by atoms with Crippen LogP contribution in [0.3, 0.4) is 0 Å². The molecule has 0 radical (unpaired) electrons. The summed E-state index contributed by atoms with van der Waals surface area (Å²) in [5.41, 5.74) is 2.55. The number of nitrogens with one attached hydrogen (secondary N) is 2. The highest BCUT2D eigenvalue weighted by atomic mass is 19.1. The number of aromatic nitrogens is 3. The zero-order valence-corrected chi connectivity index (χ0v) is 12.3. The second-order valence-electron chi connectivity index (χ2n) is 5.71. The third kappa shape index (κ3) is 1.57. The van der Waals surface area contributed by atoms with E-state index in [-0.39, 0.29) is 11.2 Å². The molecule has 2 aromatic heterocycles. The Hall–Kier alpha value is -3.41. The van der Waals surface area contributed by atoms with Crippen molar-refractivity contribution in [1.82, 2.24) is 14.5 Å². The predicted molar refractivity (Wildman–Crippen MR) is 88.1 cm³/mol. The zero-order valence-electron chi connectivity index (χ0n) is 12.3. The molecule has 0 saturated carbocycles. The van der Waals surface area contributed by atoms with Crippen LogP contribution in [0.2, 0.25) is 0 Å². The van der Waals surface area contributed by atoms with Crippen molar-refractivity contribution in [3.8, 4) is 5.69 Å². The normalized spacial score (nSPS) is 12.6. The molecular weight excluding hydrogens is 305 g/mol. The van der Waals surface area contributed by atoms with E-state index in [1.54, 1.807) is 10.6 Å². The molecule has 1 aliphatic rings. The van der Waals surface area contributed by atoms with Gasteiger partial charge in [0, 0.05) is 10.9 Å². The Balaban J connectivity index is 1.95. The summed E-state index contributed by atoms with van der Waals surface area (Å²) in [5.74, 6) is -0.0947. The summed E-state index contributed by atoms with van der Waals surface area (Å²) in [6.45, 7) is 0. The maximum Gasteiger partial charge on any atom is 0.167 e. The first-order valence-corrected chi connectivity index (χ1v) is 7.40. The Labute approximate surface area is 135 Å². The first-order chi connectivity index (χ1) is 11.6. The predicted octanol–water partition coefficient (Wildman–Crippen LogP) is 2.92. The average Bonchev–Trinajstić information content (AvgIpc) is 2.86. The summed E-state index contributed by atoms with van der Waals surface area (Å²) in [7, 11) is 0. The number of hydrogen-bond donors (Lipinski definition) is 2.